The molecule has 0 amide bonds. The Morgan fingerprint density at radius 3 is 2.84 bits per heavy atom. The molecule has 1 N–H and O–H groups in total. The van der Waals surface area contributed by atoms with Crippen molar-refractivity contribution in [2.75, 3.05) is 0 Å². The highest BCUT2D eigenvalue weighted by molar-refractivity contribution is 5.93. The van der Waals surface area contributed by atoms with Gasteiger partial charge in [-0.25, -0.2) is 9.78 Å². The van der Waals surface area contributed by atoms with Crippen LogP contribution in [0.1, 0.15) is 39.6 Å². The monoisotopic (exact) mass is 337 g/mol. The molecule has 3 heterocycles. The lowest BCUT2D eigenvalue weighted by atomic mass is 10.1. The molecule has 0 unspecified atom stereocenters. The van der Waals surface area contributed by atoms with E-state index in [4.69, 9.17) is 9.63 Å². The third-order valence-corrected chi connectivity index (χ3v) is 4.50. The SMILES string of the molecule is Cc1noc(C)c1C=C1CCn2c1nc1cc(C(=O)O)ccc1c2=O. The van der Waals surface area contributed by atoms with Crippen LogP contribution in [0, 0.1) is 13.8 Å². The Bertz CT molecular complexity index is 1100. The third-order valence-electron chi connectivity index (χ3n) is 4.50. The van der Waals surface area contributed by atoms with Crippen LogP contribution in [-0.2, 0) is 6.54 Å². The minimum atomic E-state index is -1.05. The van der Waals surface area contributed by atoms with Crippen LogP contribution in [-0.4, -0.2) is 25.8 Å². The van der Waals surface area contributed by atoms with Gasteiger partial charge in [-0.05, 0) is 50.1 Å². The van der Waals surface area contributed by atoms with E-state index in [1.807, 2.05) is 19.9 Å². The molecular weight excluding hydrogens is 322 g/mol. The number of hydrogen-bond acceptors (Lipinski definition) is 5. The van der Waals surface area contributed by atoms with Crippen molar-refractivity contribution in [2.24, 2.45) is 0 Å². The molecule has 25 heavy (non-hydrogen) atoms. The lowest BCUT2D eigenvalue weighted by Gasteiger charge is -2.06. The number of benzene rings is 1. The second kappa shape index (κ2) is 5.41. The molecule has 3 aromatic rings. The molecule has 126 valence electrons. The lowest BCUT2D eigenvalue weighted by molar-refractivity contribution is 0.0697. The molecule has 7 nitrogen and oxygen atoms in total. The number of aromatic carboxylic acids is 1. The molecule has 1 aliphatic heterocycles. The van der Waals surface area contributed by atoms with Crippen molar-refractivity contribution in [3.63, 3.8) is 0 Å². The summed E-state index contributed by atoms with van der Waals surface area (Å²) in [4.78, 5) is 28.4. The zero-order valence-electron chi connectivity index (χ0n) is 13.7. The Kier molecular flexibility index (Phi) is 3.31. The molecule has 0 bridgehead atoms. The van der Waals surface area contributed by atoms with E-state index in [0.29, 0.717) is 35.5 Å². The second-order valence-corrected chi connectivity index (χ2v) is 6.09. The van der Waals surface area contributed by atoms with Gasteiger partial charge in [0.15, 0.2) is 0 Å². The maximum atomic E-state index is 12.7. The Morgan fingerprint density at radius 1 is 1.36 bits per heavy atom. The highest BCUT2D eigenvalue weighted by Gasteiger charge is 2.22. The molecule has 0 fully saturated rings. The smallest absolute Gasteiger partial charge is 0.335 e. The van der Waals surface area contributed by atoms with Gasteiger partial charge in [0, 0.05) is 12.1 Å². The molecule has 7 heteroatoms. The van der Waals surface area contributed by atoms with Crippen molar-refractivity contribution in [3.8, 4) is 0 Å². The zero-order chi connectivity index (χ0) is 17.7. The van der Waals surface area contributed by atoms with Crippen LogP contribution in [0.25, 0.3) is 22.6 Å². The summed E-state index contributed by atoms with van der Waals surface area (Å²) in [7, 11) is 0. The number of allylic oxidation sites excluding steroid dienone is 1. The quantitative estimate of drug-likeness (QED) is 0.772. The molecule has 0 radical (unpaired) electrons. The summed E-state index contributed by atoms with van der Waals surface area (Å²) in [6, 6.07) is 4.39. The Labute approximate surface area is 142 Å². The predicted octanol–water partition coefficient (Wildman–Crippen LogP) is 2.64. The number of carbonyl (C=O) groups is 1. The van der Waals surface area contributed by atoms with E-state index in [2.05, 4.69) is 10.1 Å². The first-order valence-electron chi connectivity index (χ1n) is 7.87. The minimum absolute atomic E-state index is 0.110. The maximum absolute atomic E-state index is 12.7. The molecule has 0 spiro atoms. The van der Waals surface area contributed by atoms with E-state index >= 15 is 0 Å². The van der Waals surface area contributed by atoms with Gasteiger partial charge in [-0.15, -0.1) is 0 Å². The molecule has 0 saturated heterocycles. The lowest BCUT2D eigenvalue weighted by Crippen LogP contribution is -2.21. The average Bonchev–Trinajstić information content (AvgIpc) is 3.13. The summed E-state index contributed by atoms with van der Waals surface area (Å²) in [5, 5.41) is 13.5. The predicted molar refractivity (Wildman–Crippen MR) is 91.4 cm³/mol. The topological polar surface area (TPSA) is 98.2 Å². The standard InChI is InChI=1S/C18H15N3O4/c1-9-14(10(2)25-20-9)7-11-5-6-21-16(11)19-15-8-12(18(23)24)3-4-13(15)17(21)22/h3-4,7-8H,5-6H2,1-2H3,(H,23,24). The van der Waals surface area contributed by atoms with Crippen molar-refractivity contribution in [2.45, 2.75) is 26.8 Å². The van der Waals surface area contributed by atoms with Crippen LogP contribution in [0.5, 0.6) is 0 Å². The number of aromatic nitrogens is 3. The van der Waals surface area contributed by atoms with Gasteiger partial charge >= 0.3 is 5.97 Å². The highest BCUT2D eigenvalue weighted by atomic mass is 16.5. The van der Waals surface area contributed by atoms with Crippen molar-refractivity contribution >= 4 is 28.5 Å². The normalized spacial score (nSPS) is 15.0. The summed E-state index contributed by atoms with van der Waals surface area (Å²) in [5.41, 5.74) is 2.92. The number of rotatable bonds is 2. The van der Waals surface area contributed by atoms with Crippen LogP contribution >= 0.6 is 0 Å². The van der Waals surface area contributed by atoms with E-state index in [0.717, 1.165) is 16.8 Å². The van der Waals surface area contributed by atoms with Gasteiger partial charge in [0.1, 0.15) is 11.6 Å². The molecule has 4 rings (SSSR count). The van der Waals surface area contributed by atoms with Crippen molar-refractivity contribution in [3.05, 3.63) is 57.0 Å². The maximum Gasteiger partial charge on any atom is 0.335 e. The zero-order valence-corrected chi connectivity index (χ0v) is 13.7. The van der Waals surface area contributed by atoms with E-state index in [1.165, 1.54) is 18.2 Å². The largest absolute Gasteiger partial charge is 0.478 e. The number of carboxylic acids is 1. The fourth-order valence-corrected chi connectivity index (χ4v) is 3.16. The first-order valence-corrected chi connectivity index (χ1v) is 7.87. The van der Waals surface area contributed by atoms with Gasteiger partial charge in [0.2, 0.25) is 0 Å². The van der Waals surface area contributed by atoms with Crippen LogP contribution < -0.4 is 5.56 Å². The summed E-state index contributed by atoms with van der Waals surface area (Å²) >= 11 is 0. The minimum Gasteiger partial charge on any atom is -0.478 e. The van der Waals surface area contributed by atoms with Gasteiger partial charge in [-0.3, -0.25) is 9.36 Å². The third kappa shape index (κ3) is 2.36. The Morgan fingerprint density at radius 2 is 2.16 bits per heavy atom. The first-order chi connectivity index (χ1) is 12.0. The number of carboxylic acid groups (broad SMARTS) is 1. The number of fused-ring (bicyclic) bond motifs is 2. The molecule has 0 aliphatic carbocycles. The Balaban J connectivity index is 1.93. The second-order valence-electron chi connectivity index (χ2n) is 6.09. The summed E-state index contributed by atoms with van der Waals surface area (Å²) in [5.74, 6) is 0.232. The van der Waals surface area contributed by atoms with Crippen molar-refractivity contribution in [1.29, 1.82) is 0 Å². The Hall–Kier alpha value is -3.22. The average molecular weight is 337 g/mol. The van der Waals surface area contributed by atoms with E-state index in [9.17, 15) is 9.59 Å². The van der Waals surface area contributed by atoms with Crippen LogP contribution in [0.3, 0.4) is 0 Å². The molecule has 1 aromatic carbocycles. The van der Waals surface area contributed by atoms with Gasteiger partial charge in [0.25, 0.3) is 5.56 Å². The van der Waals surface area contributed by atoms with Gasteiger partial charge in [-0.2, -0.15) is 0 Å². The summed E-state index contributed by atoms with van der Waals surface area (Å²) < 4.78 is 6.81. The van der Waals surface area contributed by atoms with Gasteiger partial charge < -0.3 is 9.63 Å². The molecular formula is C18H15N3O4. The highest BCUT2D eigenvalue weighted by Crippen LogP contribution is 2.29. The number of hydrogen-bond donors (Lipinski definition) is 1. The van der Waals surface area contributed by atoms with E-state index in [1.54, 1.807) is 4.57 Å². The fourth-order valence-electron chi connectivity index (χ4n) is 3.16. The molecule has 2 aromatic heterocycles. The summed E-state index contributed by atoms with van der Waals surface area (Å²) in [6.45, 7) is 4.24. The van der Waals surface area contributed by atoms with Crippen LogP contribution in [0.2, 0.25) is 0 Å². The molecule has 0 saturated carbocycles. The van der Waals surface area contributed by atoms with Crippen LogP contribution in [0.4, 0.5) is 0 Å². The van der Waals surface area contributed by atoms with Crippen molar-refractivity contribution in [1.82, 2.24) is 14.7 Å². The van der Waals surface area contributed by atoms with E-state index < -0.39 is 5.97 Å². The molecule has 1 aliphatic rings. The number of aryl methyl sites for hydroxylation is 2. The number of nitrogens with zero attached hydrogens (tertiary/aromatic N) is 3. The van der Waals surface area contributed by atoms with Gasteiger partial charge in [0.05, 0.1) is 22.2 Å². The fraction of sp³-hybridized carbons (Fsp3) is 0.222. The molecule has 0 atom stereocenters. The van der Waals surface area contributed by atoms with E-state index in [-0.39, 0.29) is 11.1 Å². The first kappa shape index (κ1) is 15.3. The van der Waals surface area contributed by atoms with Crippen molar-refractivity contribution < 1.29 is 14.4 Å². The van der Waals surface area contributed by atoms with Gasteiger partial charge in [-0.1, -0.05) is 5.16 Å². The van der Waals surface area contributed by atoms with Crippen LogP contribution in [0.15, 0.2) is 27.5 Å². The summed E-state index contributed by atoms with van der Waals surface area (Å²) in [6.07, 6.45) is 2.62.